The summed E-state index contributed by atoms with van der Waals surface area (Å²) in [7, 11) is 0. The second-order valence-electron chi connectivity index (χ2n) is 15.0. The van der Waals surface area contributed by atoms with E-state index in [1.807, 2.05) is 6.07 Å². The molecule has 9 aromatic rings. The Balaban J connectivity index is 1.10. The van der Waals surface area contributed by atoms with Crippen molar-refractivity contribution in [2.45, 2.75) is 19.3 Å². The van der Waals surface area contributed by atoms with Gasteiger partial charge in [-0.3, -0.25) is 0 Å². The molecule has 11 rings (SSSR count). The summed E-state index contributed by atoms with van der Waals surface area (Å²) in [5.41, 5.74) is 13.5. The van der Waals surface area contributed by atoms with Gasteiger partial charge in [-0.15, -0.1) is 0 Å². The molecule has 0 amide bonds. The first-order valence-electron chi connectivity index (χ1n) is 18.8. The van der Waals surface area contributed by atoms with Crippen LogP contribution in [0, 0.1) is 0 Å². The number of nitrogens with zero attached hydrogens (tertiary/aromatic N) is 2. The zero-order valence-corrected chi connectivity index (χ0v) is 30.5. The highest BCUT2D eigenvalue weighted by Crippen LogP contribution is 2.57. The van der Waals surface area contributed by atoms with Crippen LogP contribution in [-0.2, 0) is 5.41 Å². The molecule has 4 nitrogen and oxygen atoms in total. The summed E-state index contributed by atoms with van der Waals surface area (Å²) in [4.78, 5) is 2.31. The molecule has 0 spiro atoms. The molecule has 0 fully saturated rings. The van der Waals surface area contributed by atoms with Crippen molar-refractivity contribution in [3.05, 3.63) is 193 Å². The van der Waals surface area contributed by atoms with Crippen molar-refractivity contribution in [2.75, 3.05) is 4.90 Å². The Morgan fingerprint density at radius 2 is 1.15 bits per heavy atom. The van der Waals surface area contributed by atoms with Gasteiger partial charge in [0, 0.05) is 33.2 Å². The second-order valence-corrected chi connectivity index (χ2v) is 15.0. The van der Waals surface area contributed by atoms with Gasteiger partial charge in [0.15, 0.2) is 23.0 Å². The van der Waals surface area contributed by atoms with Crippen LogP contribution in [0.3, 0.4) is 0 Å². The van der Waals surface area contributed by atoms with Gasteiger partial charge in [0.25, 0.3) is 0 Å². The number of anilines is 3. The van der Waals surface area contributed by atoms with Gasteiger partial charge in [0.05, 0.1) is 16.7 Å². The molecule has 55 heavy (non-hydrogen) atoms. The van der Waals surface area contributed by atoms with E-state index in [0.717, 1.165) is 50.9 Å². The van der Waals surface area contributed by atoms with Gasteiger partial charge in [-0.25, -0.2) is 0 Å². The maximum absolute atomic E-state index is 7.01. The summed E-state index contributed by atoms with van der Waals surface area (Å²) in [5.74, 6) is 2.81. The minimum Gasteiger partial charge on any atom is -0.449 e. The fraction of sp³-hybridized carbons (Fsp3) is 0.0588. The van der Waals surface area contributed by atoms with E-state index < -0.39 is 0 Å². The maximum atomic E-state index is 7.01. The lowest BCUT2D eigenvalue weighted by Crippen LogP contribution is -2.15. The Kier molecular flexibility index (Phi) is 6.86. The van der Waals surface area contributed by atoms with Crippen LogP contribution in [-0.4, -0.2) is 4.57 Å². The molecule has 4 heteroatoms. The molecule has 0 N–H and O–H groups in total. The standard InChI is InChI=1S/C51H36N2O2/c1-51(2)42-23-11-9-21-38(42)40-31-48-49(32-43(40)51)55-50-46(25-14-26-47(50)54-48)52(36-20-13-17-34(29-36)33-15-5-3-6-16-33)37-27-28-45-41(30-37)39-22-10-12-24-44(39)53(45)35-18-7-4-8-19-35/h3-32H,1-2H3. The summed E-state index contributed by atoms with van der Waals surface area (Å²) in [6.07, 6.45) is 0. The van der Waals surface area contributed by atoms with Gasteiger partial charge in [0.1, 0.15) is 0 Å². The molecule has 0 unspecified atom stereocenters. The number of benzene rings is 8. The predicted molar refractivity (Wildman–Crippen MR) is 225 cm³/mol. The second kappa shape index (κ2) is 12.0. The van der Waals surface area contributed by atoms with Gasteiger partial charge in [-0.05, 0) is 106 Å². The third-order valence-electron chi connectivity index (χ3n) is 11.4. The topological polar surface area (TPSA) is 26.6 Å². The van der Waals surface area contributed by atoms with E-state index in [-0.39, 0.29) is 5.41 Å². The molecule has 1 aromatic heterocycles. The normalized spacial score (nSPS) is 13.3. The van der Waals surface area contributed by atoms with Gasteiger partial charge in [-0.1, -0.05) is 123 Å². The van der Waals surface area contributed by atoms with Gasteiger partial charge in [0.2, 0.25) is 0 Å². The summed E-state index contributed by atoms with van der Waals surface area (Å²) in [6.45, 7) is 4.58. The zero-order valence-electron chi connectivity index (χ0n) is 30.5. The highest BCUT2D eigenvalue weighted by atomic mass is 16.6. The van der Waals surface area contributed by atoms with Crippen molar-refractivity contribution in [3.63, 3.8) is 0 Å². The Bertz CT molecular complexity index is 2960. The van der Waals surface area contributed by atoms with Crippen molar-refractivity contribution in [1.82, 2.24) is 4.57 Å². The number of fused-ring (bicyclic) bond motifs is 8. The molecule has 2 aliphatic rings. The average molecular weight is 709 g/mol. The average Bonchev–Trinajstić information content (AvgIpc) is 3.68. The molecule has 0 bridgehead atoms. The van der Waals surface area contributed by atoms with Crippen LogP contribution in [0.15, 0.2) is 182 Å². The SMILES string of the molecule is CC1(C)c2ccccc2-c2cc3c(cc21)Oc1c(cccc1N(c1cccc(-c2ccccc2)c1)c1ccc2c(c1)c1ccccc1n2-c1ccccc1)O3. The van der Waals surface area contributed by atoms with Crippen molar-refractivity contribution < 1.29 is 9.47 Å². The monoisotopic (exact) mass is 708 g/mol. The molecule has 0 saturated heterocycles. The lowest BCUT2D eigenvalue weighted by atomic mass is 9.82. The third-order valence-corrected chi connectivity index (χ3v) is 11.4. The largest absolute Gasteiger partial charge is 0.449 e. The number of rotatable bonds is 5. The summed E-state index contributed by atoms with van der Waals surface area (Å²) in [5, 5.41) is 2.37. The third kappa shape index (κ3) is 4.85. The van der Waals surface area contributed by atoms with E-state index in [1.54, 1.807) is 0 Å². The molecular formula is C51H36N2O2. The van der Waals surface area contributed by atoms with Gasteiger partial charge >= 0.3 is 0 Å². The van der Waals surface area contributed by atoms with Crippen LogP contribution in [0.2, 0.25) is 0 Å². The van der Waals surface area contributed by atoms with Crippen LogP contribution >= 0.6 is 0 Å². The Labute approximate surface area is 320 Å². The lowest BCUT2D eigenvalue weighted by Gasteiger charge is -2.31. The van der Waals surface area contributed by atoms with Crippen molar-refractivity contribution in [2.24, 2.45) is 0 Å². The Hall–Kier alpha value is -7.04. The number of hydrogen-bond acceptors (Lipinski definition) is 3. The van der Waals surface area contributed by atoms with E-state index in [0.29, 0.717) is 11.5 Å². The molecule has 1 aliphatic carbocycles. The molecule has 8 aromatic carbocycles. The van der Waals surface area contributed by atoms with Crippen LogP contribution in [0.25, 0.3) is 49.7 Å². The van der Waals surface area contributed by atoms with Crippen LogP contribution in [0.5, 0.6) is 23.0 Å². The zero-order chi connectivity index (χ0) is 36.7. The van der Waals surface area contributed by atoms with Crippen molar-refractivity contribution in [1.29, 1.82) is 0 Å². The molecule has 262 valence electrons. The first kappa shape index (κ1) is 31.5. The van der Waals surface area contributed by atoms with E-state index >= 15 is 0 Å². The van der Waals surface area contributed by atoms with E-state index in [2.05, 4.69) is 199 Å². The fourth-order valence-electron chi connectivity index (χ4n) is 8.80. The Morgan fingerprint density at radius 3 is 2.02 bits per heavy atom. The summed E-state index contributed by atoms with van der Waals surface area (Å²) >= 11 is 0. The van der Waals surface area contributed by atoms with Gasteiger partial charge in [-0.2, -0.15) is 0 Å². The molecule has 2 heterocycles. The van der Waals surface area contributed by atoms with Crippen molar-refractivity contribution in [3.8, 4) is 50.9 Å². The number of hydrogen-bond donors (Lipinski definition) is 0. The Morgan fingerprint density at radius 1 is 0.455 bits per heavy atom. The van der Waals surface area contributed by atoms with Crippen LogP contribution in [0.1, 0.15) is 25.0 Å². The minimum atomic E-state index is -0.164. The minimum absolute atomic E-state index is 0.164. The van der Waals surface area contributed by atoms with Crippen LogP contribution in [0.4, 0.5) is 17.1 Å². The summed E-state index contributed by atoms with van der Waals surface area (Å²) in [6, 6.07) is 64.5. The van der Waals surface area contributed by atoms with E-state index in [1.165, 1.54) is 38.5 Å². The molecule has 1 aliphatic heterocycles. The number of aromatic nitrogens is 1. The van der Waals surface area contributed by atoms with Crippen molar-refractivity contribution >= 4 is 38.9 Å². The lowest BCUT2D eigenvalue weighted by molar-refractivity contribution is 0.360. The highest BCUT2D eigenvalue weighted by molar-refractivity contribution is 6.10. The first-order chi connectivity index (χ1) is 27.0. The molecule has 0 saturated carbocycles. The van der Waals surface area contributed by atoms with Gasteiger partial charge < -0.3 is 18.9 Å². The maximum Gasteiger partial charge on any atom is 0.194 e. The van der Waals surface area contributed by atoms with E-state index in [9.17, 15) is 0 Å². The quantitative estimate of drug-likeness (QED) is 0.178. The highest BCUT2D eigenvalue weighted by Gasteiger charge is 2.38. The number of para-hydroxylation sites is 3. The molecular weight excluding hydrogens is 673 g/mol. The number of ether oxygens (including phenoxy) is 2. The molecule has 0 atom stereocenters. The fourth-order valence-corrected chi connectivity index (χ4v) is 8.80. The smallest absolute Gasteiger partial charge is 0.194 e. The predicted octanol–water partition coefficient (Wildman–Crippen LogP) is 14.1. The molecule has 0 radical (unpaired) electrons. The van der Waals surface area contributed by atoms with E-state index in [4.69, 9.17) is 9.47 Å². The first-order valence-corrected chi connectivity index (χ1v) is 18.8. The van der Waals surface area contributed by atoms with Crippen LogP contribution < -0.4 is 14.4 Å². The summed E-state index contributed by atoms with van der Waals surface area (Å²) < 4.78 is 16.1.